The zero-order valence-corrected chi connectivity index (χ0v) is 12.5. The third kappa shape index (κ3) is 2.78. The highest BCUT2D eigenvalue weighted by molar-refractivity contribution is 5.47. The normalized spacial score (nSPS) is 29.2. The fourth-order valence-corrected chi connectivity index (χ4v) is 3.38. The number of para-hydroxylation sites is 1. The second-order valence-electron chi connectivity index (χ2n) is 6.20. The quantitative estimate of drug-likeness (QED) is 0.917. The van der Waals surface area contributed by atoms with E-state index >= 15 is 0 Å². The molecule has 1 aliphatic heterocycles. The number of fused-ring (bicyclic) bond motifs is 1. The van der Waals surface area contributed by atoms with Gasteiger partial charge in [-0.15, -0.1) is 0 Å². The van der Waals surface area contributed by atoms with Crippen LogP contribution in [0.2, 0.25) is 0 Å². The van der Waals surface area contributed by atoms with Crippen molar-refractivity contribution < 1.29 is 9.47 Å². The van der Waals surface area contributed by atoms with Gasteiger partial charge in [-0.1, -0.05) is 38.8 Å². The van der Waals surface area contributed by atoms with Gasteiger partial charge in [0.15, 0.2) is 11.5 Å². The second kappa shape index (κ2) is 6.04. The molecule has 1 aromatic rings. The highest BCUT2D eigenvalue weighted by Crippen LogP contribution is 2.34. The number of rotatable bonds is 3. The average molecular weight is 275 g/mol. The molecule has 3 unspecified atom stereocenters. The van der Waals surface area contributed by atoms with Crippen LogP contribution < -0.4 is 14.8 Å². The first-order chi connectivity index (χ1) is 9.75. The molecule has 1 fully saturated rings. The lowest BCUT2D eigenvalue weighted by Gasteiger charge is -2.35. The smallest absolute Gasteiger partial charge is 0.165 e. The van der Waals surface area contributed by atoms with Crippen LogP contribution in [-0.4, -0.2) is 19.3 Å². The minimum atomic E-state index is 0.624. The zero-order chi connectivity index (χ0) is 13.9. The molecule has 0 amide bonds. The molecule has 0 aromatic heterocycles. The highest BCUT2D eigenvalue weighted by Gasteiger charge is 2.27. The summed E-state index contributed by atoms with van der Waals surface area (Å²) in [6.07, 6.45) is 4.00. The van der Waals surface area contributed by atoms with Gasteiger partial charge in [0.2, 0.25) is 0 Å². The van der Waals surface area contributed by atoms with Gasteiger partial charge in [0, 0.05) is 18.2 Å². The standard InChI is InChI=1S/C17H25NO2/c1-12-5-3-7-15(13(12)2)18-11-14-6-4-8-16-17(14)20-10-9-19-16/h4,6,8,12-13,15,18H,3,5,7,9-11H2,1-2H3. The molecular weight excluding hydrogens is 250 g/mol. The molecule has 3 atom stereocenters. The van der Waals surface area contributed by atoms with Gasteiger partial charge in [-0.3, -0.25) is 0 Å². The molecule has 0 saturated heterocycles. The Morgan fingerprint density at radius 1 is 1.15 bits per heavy atom. The van der Waals surface area contributed by atoms with Gasteiger partial charge in [-0.25, -0.2) is 0 Å². The zero-order valence-electron chi connectivity index (χ0n) is 12.5. The Labute approximate surface area is 121 Å². The summed E-state index contributed by atoms with van der Waals surface area (Å²) in [5.41, 5.74) is 1.22. The van der Waals surface area contributed by atoms with E-state index in [2.05, 4.69) is 31.3 Å². The van der Waals surface area contributed by atoms with Crippen LogP contribution in [0.5, 0.6) is 11.5 Å². The Morgan fingerprint density at radius 2 is 2.00 bits per heavy atom. The van der Waals surface area contributed by atoms with Gasteiger partial charge in [-0.2, -0.15) is 0 Å². The molecule has 1 aliphatic carbocycles. The van der Waals surface area contributed by atoms with Crippen molar-refractivity contribution in [2.24, 2.45) is 11.8 Å². The van der Waals surface area contributed by atoms with Crippen molar-refractivity contribution in [2.75, 3.05) is 13.2 Å². The Kier molecular flexibility index (Phi) is 4.16. The van der Waals surface area contributed by atoms with E-state index in [0.29, 0.717) is 19.3 Å². The van der Waals surface area contributed by atoms with Crippen LogP contribution in [0.15, 0.2) is 18.2 Å². The van der Waals surface area contributed by atoms with Crippen molar-refractivity contribution in [2.45, 2.75) is 45.7 Å². The Morgan fingerprint density at radius 3 is 2.90 bits per heavy atom. The number of hydrogen-bond donors (Lipinski definition) is 1. The molecule has 1 saturated carbocycles. The maximum Gasteiger partial charge on any atom is 0.165 e. The van der Waals surface area contributed by atoms with Crippen molar-refractivity contribution in [3.8, 4) is 11.5 Å². The van der Waals surface area contributed by atoms with Crippen molar-refractivity contribution in [3.05, 3.63) is 23.8 Å². The van der Waals surface area contributed by atoms with Crippen LogP contribution in [0.25, 0.3) is 0 Å². The van der Waals surface area contributed by atoms with Crippen LogP contribution in [0.3, 0.4) is 0 Å². The first-order valence-corrected chi connectivity index (χ1v) is 7.86. The predicted molar refractivity (Wildman–Crippen MR) is 80.2 cm³/mol. The Bertz CT molecular complexity index is 460. The van der Waals surface area contributed by atoms with E-state index in [1.165, 1.54) is 24.8 Å². The van der Waals surface area contributed by atoms with E-state index in [9.17, 15) is 0 Å². The number of nitrogens with one attached hydrogen (secondary N) is 1. The number of ether oxygens (including phenoxy) is 2. The molecule has 1 N–H and O–H groups in total. The van der Waals surface area contributed by atoms with Crippen LogP contribution in [0.4, 0.5) is 0 Å². The molecule has 1 aromatic carbocycles. The minimum Gasteiger partial charge on any atom is -0.486 e. The Balaban J connectivity index is 1.66. The van der Waals surface area contributed by atoms with Crippen molar-refractivity contribution in [1.82, 2.24) is 5.32 Å². The summed E-state index contributed by atoms with van der Waals surface area (Å²) in [7, 11) is 0. The largest absolute Gasteiger partial charge is 0.486 e. The first kappa shape index (κ1) is 13.7. The van der Waals surface area contributed by atoms with Crippen molar-refractivity contribution in [3.63, 3.8) is 0 Å². The lowest BCUT2D eigenvalue weighted by Crippen LogP contribution is -2.40. The summed E-state index contributed by atoms with van der Waals surface area (Å²) in [5.74, 6) is 3.40. The Hall–Kier alpha value is -1.22. The first-order valence-electron chi connectivity index (χ1n) is 7.86. The van der Waals surface area contributed by atoms with Crippen LogP contribution >= 0.6 is 0 Å². The van der Waals surface area contributed by atoms with E-state index in [1.54, 1.807) is 0 Å². The van der Waals surface area contributed by atoms with Gasteiger partial charge in [0.1, 0.15) is 13.2 Å². The highest BCUT2D eigenvalue weighted by atomic mass is 16.6. The monoisotopic (exact) mass is 275 g/mol. The van der Waals surface area contributed by atoms with E-state index in [-0.39, 0.29) is 0 Å². The molecule has 110 valence electrons. The van der Waals surface area contributed by atoms with Gasteiger partial charge >= 0.3 is 0 Å². The summed E-state index contributed by atoms with van der Waals surface area (Å²) < 4.78 is 11.4. The molecule has 0 bridgehead atoms. The molecule has 0 radical (unpaired) electrons. The summed E-state index contributed by atoms with van der Waals surface area (Å²) in [6, 6.07) is 6.80. The molecule has 2 aliphatic rings. The topological polar surface area (TPSA) is 30.5 Å². The predicted octanol–water partition coefficient (Wildman–Crippen LogP) is 3.37. The van der Waals surface area contributed by atoms with Gasteiger partial charge < -0.3 is 14.8 Å². The fourth-order valence-electron chi connectivity index (χ4n) is 3.38. The third-order valence-corrected chi connectivity index (χ3v) is 4.91. The lowest BCUT2D eigenvalue weighted by molar-refractivity contribution is 0.168. The van der Waals surface area contributed by atoms with E-state index < -0.39 is 0 Å². The SMILES string of the molecule is CC1CCCC(NCc2cccc3c2OCCO3)C1C. The summed E-state index contributed by atoms with van der Waals surface area (Å²) >= 11 is 0. The molecule has 3 nitrogen and oxygen atoms in total. The molecule has 1 heterocycles. The summed E-state index contributed by atoms with van der Waals surface area (Å²) in [5, 5.41) is 3.73. The third-order valence-electron chi connectivity index (χ3n) is 4.91. The maximum atomic E-state index is 5.78. The number of benzene rings is 1. The van der Waals surface area contributed by atoms with Gasteiger partial charge in [0.25, 0.3) is 0 Å². The van der Waals surface area contributed by atoms with Crippen LogP contribution in [-0.2, 0) is 6.54 Å². The lowest BCUT2D eigenvalue weighted by atomic mass is 9.78. The average Bonchev–Trinajstić information content (AvgIpc) is 2.49. The summed E-state index contributed by atoms with van der Waals surface area (Å²) in [4.78, 5) is 0. The van der Waals surface area contributed by atoms with Crippen LogP contribution in [0.1, 0.15) is 38.7 Å². The molecule has 3 heteroatoms. The molecule has 3 rings (SSSR count). The van der Waals surface area contributed by atoms with Crippen molar-refractivity contribution in [1.29, 1.82) is 0 Å². The fraction of sp³-hybridized carbons (Fsp3) is 0.647. The number of hydrogen-bond acceptors (Lipinski definition) is 3. The molecular formula is C17H25NO2. The van der Waals surface area contributed by atoms with E-state index in [1.807, 2.05) is 6.07 Å². The van der Waals surface area contributed by atoms with Gasteiger partial charge in [0.05, 0.1) is 0 Å². The molecule has 20 heavy (non-hydrogen) atoms. The van der Waals surface area contributed by atoms with E-state index in [4.69, 9.17) is 9.47 Å². The second-order valence-corrected chi connectivity index (χ2v) is 6.20. The summed E-state index contributed by atoms with van der Waals surface area (Å²) in [6.45, 7) is 6.93. The van der Waals surface area contributed by atoms with Crippen molar-refractivity contribution >= 4 is 0 Å². The van der Waals surface area contributed by atoms with E-state index in [0.717, 1.165) is 29.9 Å². The van der Waals surface area contributed by atoms with Gasteiger partial charge in [-0.05, 0) is 24.3 Å². The minimum absolute atomic E-state index is 0.624. The van der Waals surface area contributed by atoms with Crippen LogP contribution in [0, 0.1) is 11.8 Å². The molecule has 0 spiro atoms. The maximum absolute atomic E-state index is 5.78.